The van der Waals surface area contributed by atoms with Gasteiger partial charge in [0, 0.05) is 23.7 Å². The second kappa shape index (κ2) is 6.28. The summed E-state index contributed by atoms with van der Waals surface area (Å²) in [6, 6.07) is 12.0. The number of hydrogen-bond acceptors (Lipinski definition) is 3. The lowest BCUT2D eigenvalue weighted by Crippen LogP contribution is -2.15. The summed E-state index contributed by atoms with van der Waals surface area (Å²) in [7, 11) is 0. The molecular formula is C19H18N4O. The lowest BCUT2D eigenvalue weighted by molar-refractivity contribution is -0.115. The number of aromatic nitrogens is 3. The van der Waals surface area contributed by atoms with Crippen LogP contribution < -0.4 is 5.32 Å². The van der Waals surface area contributed by atoms with Gasteiger partial charge in [0.1, 0.15) is 0 Å². The van der Waals surface area contributed by atoms with Crippen LogP contribution in [-0.4, -0.2) is 21.1 Å². The number of aromatic amines is 1. The third-order valence-electron chi connectivity index (χ3n) is 4.37. The molecule has 0 atom stereocenters. The minimum atomic E-state index is -0.0388. The van der Waals surface area contributed by atoms with Gasteiger partial charge >= 0.3 is 0 Å². The maximum Gasteiger partial charge on any atom is 0.230 e. The van der Waals surface area contributed by atoms with E-state index in [0.717, 1.165) is 47.2 Å². The summed E-state index contributed by atoms with van der Waals surface area (Å²) in [5.41, 5.74) is 5.48. The van der Waals surface area contributed by atoms with Crippen LogP contribution in [0.25, 0.3) is 11.1 Å². The molecule has 2 heterocycles. The molecular weight excluding hydrogens is 300 g/mol. The van der Waals surface area contributed by atoms with E-state index >= 15 is 0 Å². The molecule has 0 spiro atoms. The van der Waals surface area contributed by atoms with Crippen molar-refractivity contribution in [2.75, 3.05) is 5.32 Å². The Hall–Kier alpha value is -2.95. The Labute approximate surface area is 140 Å². The van der Waals surface area contributed by atoms with E-state index in [1.165, 1.54) is 0 Å². The van der Waals surface area contributed by atoms with Crippen molar-refractivity contribution in [1.29, 1.82) is 0 Å². The molecule has 5 nitrogen and oxygen atoms in total. The smallest absolute Gasteiger partial charge is 0.230 e. The first-order valence-corrected chi connectivity index (χ1v) is 8.15. The van der Waals surface area contributed by atoms with Crippen LogP contribution in [0.4, 0.5) is 5.82 Å². The SMILES string of the molecule is O=C(Cc1cccc(-c2ccncc2)c1)Nc1n[nH]c2c1CCC2. The molecule has 0 saturated heterocycles. The maximum absolute atomic E-state index is 12.4. The topological polar surface area (TPSA) is 70.7 Å². The molecule has 1 aliphatic carbocycles. The van der Waals surface area contributed by atoms with Gasteiger partial charge < -0.3 is 5.32 Å². The molecule has 1 aliphatic rings. The Bertz CT molecular complexity index is 870. The molecule has 2 aromatic heterocycles. The van der Waals surface area contributed by atoms with Crippen molar-refractivity contribution in [2.24, 2.45) is 0 Å². The number of carbonyl (C=O) groups excluding carboxylic acids is 1. The summed E-state index contributed by atoms with van der Waals surface area (Å²) in [5, 5.41) is 10.2. The number of H-pyrrole nitrogens is 1. The molecule has 0 unspecified atom stereocenters. The molecule has 2 N–H and O–H groups in total. The predicted molar refractivity (Wildman–Crippen MR) is 92.6 cm³/mol. The molecule has 0 aliphatic heterocycles. The highest BCUT2D eigenvalue weighted by Crippen LogP contribution is 2.26. The number of carbonyl (C=O) groups is 1. The molecule has 24 heavy (non-hydrogen) atoms. The fraction of sp³-hybridized carbons (Fsp3) is 0.211. The van der Waals surface area contributed by atoms with Crippen LogP contribution in [0.3, 0.4) is 0 Å². The van der Waals surface area contributed by atoms with E-state index in [1.807, 2.05) is 36.4 Å². The number of hydrogen-bond donors (Lipinski definition) is 2. The summed E-state index contributed by atoms with van der Waals surface area (Å²) in [6.45, 7) is 0. The largest absolute Gasteiger partial charge is 0.309 e. The zero-order valence-electron chi connectivity index (χ0n) is 13.2. The third-order valence-corrected chi connectivity index (χ3v) is 4.37. The number of amides is 1. The molecule has 1 aromatic carbocycles. The Kier molecular flexibility index (Phi) is 3.83. The van der Waals surface area contributed by atoms with Crippen molar-refractivity contribution in [3.63, 3.8) is 0 Å². The van der Waals surface area contributed by atoms with E-state index < -0.39 is 0 Å². The molecule has 5 heteroatoms. The quantitative estimate of drug-likeness (QED) is 0.776. The predicted octanol–water partition coefficient (Wildman–Crippen LogP) is 3.14. The minimum absolute atomic E-state index is 0.0388. The Morgan fingerprint density at radius 3 is 2.88 bits per heavy atom. The summed E-state index contributed by atoms with van der Waals surface area (Å²) < 4.78 is 0. The Morgan fingerprint density at radius 2 is 2.00 bits per heavy atom. The fourth-order valence-electron chi connectivity index (χ4n) is 3.19. The summed E-state index contributed by atoms with van der Waals surface area (Å²) in [4.78, 5) is 16.4. The van der Waals surface area contributed by atoms with Gasteiger partial charge in [-0.15, -0.1) is 0 Å². The van der Waals surface area contributed by atoms with E-state index in [9.17, 15) is 4.79 Å². The van der Waals surface area contributed by atoms with Crippen molar-refractivity contribution in [3.05, 3.63) is 65.6 Å². The van der Waals surface area contributed by atoms with Crippen LogP contribution in [-0.2, 0) is 24.1 Å². The van der Waals surface area contributed by atoms with Gasteiger partial charge in [0.2, 0.25) is 5.91 Å². The number of fused-ring (bicyclic) bond motifs is 1. The number of pyridine rings is 1. The average Bonchev–Trinajstić information content (AvgIpc) is 3.21. The van der Waals surface area contributed by atoms with Crippen LogP contribution in [0, 0.1) is 0 Å². The molecule has 3 aromatic rings. The molecule has 0 fully saturated rings. The van der Waals surface area contributed by atoms with Crippen LogP contribution in [0.5, 0.6) is 0 Å². The number of anilines is 1. The van der Waals surface area contributed by atoms with Crippen molar-refractivity contribution in [2.45, 2.75) is 25.7 Å². The fourth-order valence-corrected chi connectivity index (χ4v) is 3.19. The first kappa shape index (κ1) is 14.6. The summed E-state index contributed by atoms with van der Waals surface area (Å²) in [6.07, 6.45) is 7.01. The van der Waals surface area contributed by atoms with Crippen molar-refractivity contribution in [3.8, 4) is 11.1 Å². The number of rotatable bonds is 4. The standard InChI is InChI=1S/C19H18N4O/c24-18(21-19-16-5-2-6-17(16)22-23-19)12-13-3-1-4-15(11-13)14-7-9-20-10-8-14/h1,3-4,7-11H,2,5-6,12H2,(H2,21,22,23,24). The van der Waals surface area contributed by atoms with E-state index in [4.69, 9.17) is 0 Å². The lowest BCUT2D eigenvalue weighted by Gasteiger charge is -2.06. The van der Waals surface area contributed by atoms with Crippen molar-refractivity contribution >= 4 is 11.7 Å². The van der Waals surface area contributed by atoms with Gasteiger partial charge in [0.15, 0.2) is 5.82 Å². The van der Waals surface area contributed by atoms with Gasteiger partial charge in [-0.3, -0.25) is 14.9 Å². The van der Waals surface area contributed by atoms with Crippen LogP contribution in [0.1, 0.15) is 23.2 Å². The zero-order valence-corrected chi connectivity index (χ0v) is 13.2. The van der Waals surface area contributed by atoms with Crippen LogP contribution >= 0.6 is 0 Å². The number of nitrogens with one attached hydrogen (secondary N) is 2. The monoisotopic (exact) mass is 318 g/mol. The molecule has 0 bridgehead atoms. The lowest BCUT2D eigenvalue weighted by atomic mass is 10.0. The van der Waals surface area contributed by atoms with Gasteiger partial charge in [0.25, 0.3) is 0 Å². The molecule has 0 saturated carbocycles. The maximum atomic E-state index is 12.4. The molecule has 1 amide bonds. The molecule has 4 rings (SSSR count). The van der Waals surface area contributed by atoms with E-state index in [1.54, 1.807) is 12.4 Å². The summed E-state index contributed by atoms with van der Waals surface area (Å²) >= 11 is 0. The van der Waals surface area contributed by atoms with Crippen molar-refractivity contribution < 1.29 is 4.79 Å². The van der Waals surface area contributed by atoms with Crippen molar-refractivity contribution in [1.82, 2.24) is 15.2 Å². The van der Waals surface area contributed by atoms with E-state index in [2.05, 4.69) is 20.5 Å². The van der Waals surface area contributed by atoms with Gasteiger partial charge in [-0.1, -0.05) is 24.3 Å². The van der Waals surface area contributed by atoms with Gasteiger partial charge in [0.05, 0.1) is 6.42 Å². The third kappa shape index (κ3) is 2.93. The number of aryl methyl sites for hydroxylation is 1. The van der Waals surface area contributed by atoms with Gasteiger partial charge in [-0.25, -0.2) is 0 Å². The van der Waals surface area contributed by atoms with Crippen LogP contribution in [0.15, 0.2) is 48.8 Å². The zero-order chi connectivity index (χ0) is 16.4. The van der Waals surface area contributed by atoms with Crippen LogP contribution in [0.2, 0.25) is 0 Å². The molecule has 0 radical (unpaired) electrons. The molecule has 120 valence electrons. The highest BCUT2D eigenvalue weighted by atomic mass is 16.1. The average molecular weight is 318 g/mol. The second-order valence-electron chi connectivity index (χ2n) is 6.04. The van der Waals surface area contributed by atoms with E-state index in [-0.39, 0.29) is 5.91 Å². The normalized spacial score (nSPS) is 12.8. The first-order chi connectivity index (χ1) is 11.8. The van der Waals surface area contributed by atoms with E-state index in [0.29, 0.717) is 12.2 Å². The first-order valence-electron chi connectivity index (χ1n) is 8.15. The summed E-state index contributed by atoms with van der Waals surface area (Å²) in [5.74, 6) is 0.654. The second-order valence-corrected chi connectivity index (χ2v) is 6.04. The highest BCUT2D eigenvalue weighted by molar-refractivity contribution is 5.92. The number of benzene rings is 1. The van der Waals surface area contributed by atoms with Gasteiger partial charge in [-0.05, 0) is 48.1 Å². The Balaban J connectivity index is 1.48. The Morgan fingerprint density at radius 1 is 1.12 bits per heavy atom. The number of nitrogens with zero attached hydrogens (tertiary/aromatic N) is 2. The highest BCUT2D eigenvalue weighted by Gasteiger charge is 2.19. The van der Waals surface area contributed by atoms with Gasteiger partial charge in [-0.2, -0.15) is 5.10 Å². The minimum Gasteiger partial charge on any atom is -0.309 e.